The van der Waals surface area contributed by atoms with E-state index in [9.17, 15) is 9.90 Å². The molecule has 0 aromatic carbocycles. The molecule has 2 aliphatic rings. The summed E-state index contributed by atoms with van der Waals surface area (Å²) in [4.78, 5) is 16.4. The average molecular weight is 306 g/mol. The lowest BCUT2D eigenvalue weighted by Gasteiger charge is -2.39. The first-order valence-electron chi connectivity index (χ1n) is 8.34. The van der Waals surface area contributed by atoms with Crippen LogP contribution in [0.4, 0.5) is 0 Å². The van der Waals surface area contributed by atoms with E-state index in [0.717, 1.165) is 69.7 Å². The molecule has 3 rings (SSSR count). The topological polar surface area (TPSA) is 61.6 Å². The van der Waals surface area contributed by atoms with Gasteiger partial charge >= 0.3 is 5.97 Å². The predicted octanol–water partition coefficient (Wildman–Crippen LogP) is 1.10. The lowest BCUT2D eigenvalue weighted by molar-refractivity contribution is 0.0686. The fraction of sp³-hybridized carbons (Fsp3) is 0.750. The van der Waals surface area contributed by atoms with Gasteiger partial charge in [-0.1, -0.05) is 6.92 Å². The largest absolute Gasteiger partial charge is 0.476 e. The third-order valence-corrected chi connectivity index (χ3v) is 5.01. The Bertz CT molecular complexity index is 547. The number of aryl methyl sites for hydroxylation is 1. The first-order chi connectivity index (χ1) is 10.6. The zero-order valence-electron chi connectivity index (χ0n) is 13.6. The van der Waals surface area contributed by atoms with E-state index in [2.05, 4.69) is 28.9 Å². The van der Waals surface area contributed by atoms with Crippen LogP contribution >= 0.6 is 0 Å². The predicted molar refractivity (Wildman–Crippen MR) is 84.4 cm³/mol. The van der Waals surface area contributed by atoms with Crippen LogP contribution in [-0.2, 0) is 19.4 Å². The summed E-state index contributed by atoms with van der Waals surface area (Å²) < 4.78 is 1.93. The number of hydrogen-bond donors (Lipinski definition) is 1. The van der Waals surface area contributed by atoms with Gasteiger partial charge in [-0.25, -0.2) is 4.79 Å². The van der Waals surface area contributed by atoms with Crippen molar-refractivity contribution in [1.82, 2.24) is 19.6 Å². The van der Waals surface area contributed by atoms with Gasteiger partial charge in [-0.3, -0.25) is 9.58 Å². The molecule has 1 atom stereocenters. The minimum atomic E-state index is -0.884. The highest BCUT2D eigenvalue weighted by Gasteiger charge is 2.32. The Labute approximate surface area is 131 Å². The van der Waals surface area contributed by atoms with Gasteiger partial charge in [0.05, 0.1) is 0 Å². The van der Waals surface area contributed by atoms with Crippen molar-refractivity contribution in [3.05, 3.63) is 17.0 Å². The van der Waals surface area contributed by atoms with Crippen molar-refractivity contribution < 1.29 is 9.90 Å². The summed E-state index contributed by atoms with van der Waals surface area (Å²) in [6.45, 7) is 7.29. The molecule has 1 N–H and O–H groups in total. The number of fused-ring (bicyclic) bond motifs is 1. The van der Waals surface area contributed by atoms with Crippen LogP contribution in [-0.4, -0.2) is 69.9 Å². The van der Waals surface area contributed by atoms with Crippen LogP contribution in [0.1, 0.15) is 41.5 Å². The second-order valence-electron chi connectivity index (χ2n) is 6.54. The van der Waals surface area contributed by atoms with Crippen molar-refractivity contribution in [3.63, 3.8) is 0 Å². The number of hydrogen-bond acceptors (Lipinski definition) is 4. The van der Waals surface area contributed by atoms with Gasteiger partial charge in [0.25, 0.3) is 0 Å². The van der Waals surface area contributed by atoms with E-state index in [4.69, 9.17) is 0 Å². The molecule has 0 bridgehead atoms. The lowest BCUT2D eigenvalue weighted by Crippen LogP contribution is -2.50. The molecule has 1 unspecified atom stereocenters. The van der Waals surface area contributed by atoms with E-state index >= 15 is 0 Å². The molecular formula is C16H26N4O2. The van der Waals surface area contributed by atoms with Crippen molar-refractivity contribution in [3.8, 4) is 0 Å². The Balaban J connectivity index is 1.80. The number of carbonyl (C=O) groups is 1. The van der Waals surface area contributed by atoms with Crippen LogP contribution in [0.5, 0.6) is 0 Å². The van der Waals surface area contributed by atoms with Crippen molar-refractivity contribution >= 4 is 5.97 Å². The molecule has 1 fully saturated rings. The molecule has 122 valence electrons. The van der Waals surface area contributed by atoms with E-state index in [1.54, 1.807) is 0 Å². The van der Waals surface area contributed by atoms with Gasteiger partial charge in [0, 0.05) is 50.0 Å². The summed E-state index contributed by atoms with van der Waals surface area (Å²) in [5, 5.41) is 13.8. The fourth-order valence-corrected chi connectivity index (χ4v) is 3.74. The Kier molecular flexibility index (Phi) is 4.49. The number of aromatic nitrogens is 2. The maximum atomic E-state index is 11.5. The molecular weight excluding hydrogens is 280 g/mol. The fourth-order valence-electron chi connectivity index (χ4n) is 3.74. The zero-order chi connectivity index (χ0) is 15.7. The van der Waals surface area contributed by atoms with E-state index < -0.39 is 5.97 Å². The Morgan fingerprint density at radius 2 is 2.05 bits per heavy atom. The first kappa shape index (κ1) is 15.5. The second-order valence-corrected chi connectivity index (χ2v) is 6.54. The molecule has 0 spiro atoms. The van der Waals surface area contributed by atoms with Crippen molar-refractivity contribution in [2.45, 2.75) is 45.2 Å². The Morgan fingerprint density at radius 1 is 1.32 bits per heavy atom. The van der Waals surface area contributed by atoms with Gasteiger partial charge in [0.2, 0.25) is 0 Å². The second kappa shape index (κ2) is 6.38. The Morgan fingerprint density at radius 3 is 2.68 bits per heavy atom. The monoisotopic (exact) mass is 306 g/mol. The maximum absolute atomic E-state index is 11.5. The molecule has 1 aliphatic carbocycles. The van der Waals surface area contributed by atoms with E-state index in [1.807, 2.05) is 4.68 Å². The molecule has 6 nitrogen and oxygen atoms in total. The van der Waals surface area contributed by atoms with E-state index in [0.29, 0.717) is 6.04 Å². The van der Waals surface area contributed by atoms with Gasteiger partial charge in [0.1, 0.15) is 0 Å². The Hall–Kier alpha value is -1.40. The molecule has 0 saturated carbocycles. The van der Waals surface area contributed by atoms with Crippen LogP contribution in [0.25, 0.3) is 0 Å². The summed E-state index contributed by atoms with van der Waals surface area (Å²) in [7, 11) is 2.16. The summed E-state index contributed by atoms with van der Waals surface area (Å²) in [6.07, 6.45) is 3.89. The third kappa shape index (κ3) is 2.90. The highest BCUT2D eigenvalue weighted by atomic mass is 16.4. The van der Waals surface area contributed by atoms with Crippen LogP contribution in [0.2, 0.25) is 0 Å². The van der Waals surface area contributed by atoms with E-state index in [-0.39, 0.29) is 5.69 Å². The molecule has 1 aromatic heterocycles. The smallest absolute Gasteiger partial charge is 0.356 e. The minimum absolute atomic E-state index is 0.280. The van der Waals surface area contributed by atoms with Crippen LogP contribution in [0.15, 0.2) is 0 Å². The lowest BCUT2D eigenvalue weighted by atomic mass is 9.90. The normalized spacial score (nSPS) is 23.5. The summed E-state index contributed by atoms with van der Waals surface area (Å²) in [5.74, 6) is -0.884. The van der Waals surface area contributed by atoms with Gasteiger partial charge in [0.15, 0.2) is 5.69 Å². The minimum Gasteiger partial charge on any atom is -0.476 e. The van der Waals surface area contributed by atoms with Crippen molar-refractivity contribution in [2.75, 3.05) is 33.2 Å². The van der Waals surface area contributed by atoms with Gasteiger partial charge in [-0.15, -0.1) is 0 Å². The van der Waals surface area contributed by atoms with Crippen molar-refractivity contribution in [2.24, 2.45) is 0 Å². The number of carboxylic acids is 1. The number of likely N-dealkylation sites (N-methyl/N-ethyl adjacent to an activating group) is 1. The standard InChI is InChI=1S/C16H26N4O2/c1-3-6-20-14-5-4-12(19-9-7-18(2)8-10-19)11-13(14)15(17-20)16(21)22/h12H,3-11H2,1-2H3,(H,21,22). The summed E-state index contributed by atoms with van der Waals surface area (Å²) in [6, 6.07) is 0.471. The molecule has 0 radical (unpaired) electrons. The molecule has 0 amide bonds. The maximum Gasteiger partial charge on any atom is 0.356 e. The van der Waals surface area contributed by atoms with Crippen LogP contribution in [0.3, 0.4) is 0 Å². The summed E-state index contributed by atoms with van der Waals surface area (Å²) >= 11 is 0. The van der Waals surface area contributed by atoms with Crippen LogP contribution < -0.4 is 0 Å². The number of piperazine rings is 1. The van der Waals surface area contributed by atoms with E-state index in [1.165, 1.54) is 0 Å². The molecule has 2 heterocycles. The molecule has 22 heavy (non-hydrogen) atoms. The molecule has 1 saturated heterocycles. The SMILES string of the molecule is CCCn1nc(C(=O)O)c2c1CCC(N1CCN(C)CC1)C2. The zero-order valence-corrected chi connectivity index (χ0v) is 13.6. The first-order valence-corrected chi connectivity index (χ1v) is 8.34. The van der Waals surface area contributed by atoms with Gasteiger partial charge < -0.3 is 10.0 Å². The molecule has 6 heteroatoms. The van der Waals surface area contributed by atoms with Crippen LogP contribution in [0, 0.1) is 0 Å². The highest BCUT2D eigenvalue weighted by Crippen LogP contribution is 2.28. The van der Waals surface area contributed by atoms with Crippen molar-refractivity contribution in [1.29, 1.82) is 0 Å². The number of rotatable bonds is 4. The van der Waals surface area contributed by atoms with Gasteiger partial charge in [-0.05, 0) is 32.7 Å². The third-order valence-electron chi connectivity index (χ3n) is 5.01. The number of nitrogens with zero attached hydrogens (tertiary/aromatic N) is 4. The number of aromatic carboxylic acids is 1. The molecule has 1 aromatic rings. The van der Waals surface area contributed by atoms with Gasteiger partial charge in [-0.2, -0.15) is 5.10 Å². The number of carboxylic acid groups (broad SMARTS) is 1. The highest BCUT2D eigenvalue weighted by molar-refractivity contribution is 5.87. The average Bonchev–Trinajstić information content (AvgIpc) is 2.87. The quantitative estimate of drug-likeness (QED) is 0.902. The summed E-state index contributed by atoms with van der Waals surface area (Å²) in [5.41, 5.74) is 2.42. The molecule has 1 aliphatic heterocycles.